The molecule has 4 nitrogen and oxygen atoms in total. The number of nitrogens with one attached hydrogen (secondary N) is 1. The van der Waals surface area contributed by atoms with Gasteiger partial charge in [0.25, 0.3) is 5.91 Å². The van der Waals surface area contributed by atoms with Gasteiger partial charge in [-0.1, -0.05) is 33.8 Å². The summed E-state index contributed by atoms with van der Waals surface area (Å²) in [5, 5.41) is 3.49. The number of hydrogen-bond donors (Lipinski definition) is 1. The van der Waals surface area contributed by atoms with E-state index >= 15 is 0 Å². The summed E-state index contributed by atoms with van der Waals surface area (Å²) in [6.07, 6.45) is 1.16. The molecule has 4 rings (SSSR count). The van der Waals surface area contributed by atoms with Gasteiger partial charge in [0.2, 0.25) is 0 Å². The van der Waals surface area contributed by atoms with Gasteiger partial charge in [-0.3, -0.25) is 4.79 Å². The van der Waals surface area contributed by atoms with Gasteiger partial charge in [-0.05, 0) is 52.6 Å². The van der Waals surface area contributed by atoms with Crippen molar-refractivity contribution >= 4 is 23.0 Å². The Morgan fingerprint density at radius 2 is 1.62 bits per heavy atom. The molecular formula is C22H26N2O2. The quantitative estimate of drug-likeness (QED) is 0.850. The van der Waals surface area contributed by atoms with E-state index in [4.69, 9.17) is 4.74 Å². The number of fused-ring (bicyclic) bond motifs is 2. The number of carbonyl (C=O) groups excluding carboxylic acids is 1. The van der Waals surface area contributed by atoms with Crippen LogP contribution in [0, 0.1) is 0 Å². The highest BCUT2D eigenvalue weighted by Crippen LogP contribution is 2.50. The third-order valence-corrected chi connectivity index (χ3v) is 5.70. The van der Waals surface area contributed by atoms with E-state index in [2.05, 4.69) is 51.2 Å². The fraction of sp³-hybridized carbons (Fsp3) is 0.409. The molecule has 1 aliphatic heterocycles. The zero-order valence-electron chi connectivity index (χ0n) is 16.1. The van der Waals surface area contributed by atoms with E-state index in [1.54, 1.807) is 11.9 Å². The van der Waals surface area contributed by atoms with Crippen molar-refractivity contribution < 1.29 is 9.53 Å². The van der Waals surface area contributed by atoms with E-state index in [1.165, 1.54) is 11.1 Å². The number of rotatable bonds is 2. The SMILES string of the molecule is CN1C(=O)COc2cc(Nc3ccc4c(c3)C(C)(C)CC4(C)C)ccc21. The zero-order valence-corrected chi connectivity index (χ0v) is 16.1. The lowest BCUT2D eigenvalue weighted by Gasteiger charge is -2.26. The van der Waals surface area contributed by atoms with Crippen LogP contribution in [-0.2, 0) is 15.6 Å². The molecule has 136 valence electrons. The highest BCUT2D eigenvalue weighted by Gasteiger charge is 2.41. The number of carbonyl (C=O) groups is 1. The van der Waals surface area contributed by atoms with Crippen LogP contribution in [0.1, 0.15) is 45.2 Å². The molecule has 4 heteroatoms. The van der Waals surface area contributed by atoms with E-state index in [-0.39, 0.29) is 23.3 Å². The van der Waals surface area contributed by atoms with Crippen molar-refractivity contribution in [3.8, 4) is 5.75 Å². The smallest absolute Gasteiger partial charge is 0.264 e. The van der Waals surface area contributed by atoms with Crippen LogP contribution in [0.25, 0.3) is 0 Å². The van der Waals surface area contributed by atoms with Crippen LogP contribution >= 0.6 is 0 Å². The van der Waals surface area contributed by atoms with E-state index in [0.29, 0.717) is 0 Å². The monoisotopic (exact) mass is 350 g/mol. The highest BCUT2D eigenvalue weighted by molar-refractivity contribution is 5.97. The first kappa shape index (κ1) is 17.0. The summed E-state index contributed by atoms with van der Waals surface area (Å²) >= 11 is 0. The minimum absolute atomic E-state index is 0.0262. The maximum atomic E-state index is 11.7. The van der Waals surface area contributed by atoms with Crippen molar-refractivity contribution in [1.82, 2.24) is 0 Å². The van der Waals surface area contributed by atoms with E-state index in [1.807, 2.05) is 18.2 Å². The first-order valence-corrected chi connectivity index (χ1v) is 9.13. The van der Waals surface area contributed by atoms with Gasteiger partial charge in [0.15, 0.2) is 6.61 Å². The van der Waals surface area contributed by atoms with E-state index in [9.17, 15) is 4.79 Å². The number of benzene rings is 2. The number of amides is 1. The van der Waals surface area contributed by atoms with Crippen LogP contribution in [0.5, 0.6) is 5.75 Å². The fourth-order valence-electron chi connectivity index (χ4n) is 4.59. The van der Waals surface area contributed by atoms with Crippen LogP contribution in [-0.4, -0.2) is 19.6 Å². The minimum Gasteiger partial charge on any atom is -0.481 e. The summed E-state index contributed by atoms with van der Waals surface area (Å²) in [5.41, 5.74) is 6.11. The molecule has 0 saturated heterocycles. The molecule has 2 aromatic rings. The topological polar surface area (TPSA) is 41.6 Å². The lowest BCUT2D eigenvalue weighted by molar-refractivity contribution is -0.120. The van der Waals surface area contributed by atoms with Crippen molar-refractivity contribution in [3.05, 3.63) is 47.5 Å². The Kier molecular flexibility index (Phi) is 3.59. The van der Waals surface area contributed by atoms with E-state index < -0.39 is 0 Å². The third-order valence-electron chi connectivity index (χ3n) is 5.70. The molecular weight excluding hydrogens is 324 g/mol. The molecule has 1 N–H and O–H groups in total. The van der Waals surface area contributed by atoms with Gasteiger partial charge in [-0.25, -0.2) is 0 Å². The predicted molar refractivity (Wildman–Crippen MR) is 106 cm³/mol. The van der Waals surface area contributed by atoms with Gasteiger partial charge >= 0.3 is 0 Å². The largest absolute Gasteiger partial charge is 0.481 e. The molecule has 2 aliphatic rings. The summed E-state index contributed by atoms with van der Waals surface area (Å²) in [7, 11) is 1.78. The molecule has 1 aliphatic carbocycles. The molecule has 26 heavy (non-hydrogen) atoms. The third kappa shape index (κ3) is 2.64. The van der Waals surface area contributed by atoms with Crippen LogP contribution in [0.4, 0.5) is 17.1 Å². The van der Waals surface area contributed by atoms with E-state index in [0.717, 1.165) is 29.2 Å². The van der Waals surface area contributed by atoms with Crippen molar-refractivity contribution in [2.45, 2.75) is 44.9 Å². The molecule has 0 atom stereocenters. The van der Waals surface area contributed by atoms with Crippen LogP contribution in [0.3, 0.4) is 0 Å². The molecule has 1 amide bonds. The molecule has 2 aromatic carbocycles. The Balaban J connectivity index is 1.64. The second-order valence-corrected chi connectivity index (χ2v) is 8.75. The Morgan fingerprint density at radius 3 is 2.38 bits per heavy atom. The Labute approximate surface area is 155 Å². The molecule has 0 spiro atoms. The van der Waals surface area contributed by atoms with Crippen molar-refractivity contribution in [2.24, 2.45) is 0 Å². The molecule has 0 aromatic heterocycles. The molecule has 0 bridgehead atoms. The summed E-state index contributed by atoms with van der Waals surface area (Å²) in [6, 6.07) is 12.6. The number of anilines is 3. The fourth-order valence-corrected chi connectivity index (χ4v) is 4.59. The number of ether oxygens (including phenoxy) is 1. The van der Waals surface area contributed by atoms with Gasteiger partial charge in [0.1, 0.15) is 5.75 Å². The normalized spacial score (nSPS) is 19.6. The van der Waals surface area contributed by atoms with Crippen molar-refractivity contribution in [2.75, 3.05) is 23.9 Å². The molecule has 0 fully saturated rings. The maximum Gasteiger partial charge on any atom is 0.264 e. The van der Waals surface area contributed by atoms with Gasteiger partial charge in [0.05, 0.1) is 5.69 Å². The molecule has 0 saturated carbocycles. The van der Waals surface area contributed by atoms with Gasteiger partial charge in [-0.2, -0.15) is 0 Å². The lowest BCUT2D eigenvalue weighted by Crippen LogP contribution is -2.35. The lowest BCUT2D eigenvalue weighted by atomic mass is 9.82. The summed E-state index contributed by atoms with van der Waals surface area (Å²) in [4.78, 5) is 13.4. The maximum absolute atomic E-state index is 11.7. The van der Waals surface area contributed by atoms with Gasteiger partial charge in [-0.15, -0.1) is 0 Å². The van der Waals surface area contributed by atoms with Crippen molar-refractivity contribution in [3.63, 3.8) is 0 Å². The highest BCUT2D eigenvalue weighted by atomic mass is 16.5. The Bertz CT molecular complexity index is 899. The van der Waals surface area contributed by atoms with Crippen molar-refractivity contribution in [1.29, 1.82) is 0 Å². The summed E-state index contributed by atoms with van der Waals surface area (Å²) in [6.45, 7) is 9.39. The van der Waals surface area contributed by atoms with Crippen LogP contribution < -0.4 is 15.0 Å². The summed E-state index contributed by atoms with van der Waals surface area (Å²) in [5.74, 6) is 0.710. The Hall–Kier alpha value is -2.49. The average molecular weight is 350 g/mol. The average Bonchev–Trinajstić information content (AvgIpc) is 2.75. The van der Waals surface area contributed by atoms with Crippen LogP contribution in [0.15, 0.2) is 36.4 Å². The summed E-state index contributed by atoms with van der Waals surface area (Å²) < 4.78 is 5.59. The zero-order chi connectivity index (χ0) is 18.7. The van der Waals surface area contributed by atoms with Crippen LogP contribution in [0.2, 0.25) is 0 Å². The number of nitrogens with zero attached hydrogens (tertiary/aromatic N) is 1. The standard InChI is InChI=1S/C22H26N2O2/c1-21(2)13-22(3,4)17-10-14(6-8-16(17)21)23-15-7-9-18-19(11-15)26-12-20(25)24(18)5/h6-11,23H,12-13H2,1-5H3. The molecule has 0 radical (unpaired) electrons. The second-order valence-electron chi connectivity index (χ2n) is 8.75. The first-order valence-electron chi connectivity index (χ1n) is 9.13. The predicted octanol–water partition coefficient (Wildman–Crippen LogP) is 4.74. The van der Waals surface area contributed by atoms with Gasteiger partial charge < -0.3 is 15.0 Å². The second kappa shape index (κ2) is 5.50. The molecule has 1 heterocycles. The number of likely N-dealkylation sites (N-methyl/N-ethyl adjacent to an activating group) is 1. The van der Waals surface area contributed by atoms with Gasteiger partial charge in [0, 0.05) is 24.5 Å². The molecule has 0 unspecified atom stereocenters. The number of hydrogen-bond acceptors (Lipinski definition) is 3. The first-order chi connectivity index (χ1) is 12.2. The Morgan fingerprint density at radius 1 is 0.962 bits per heavy atom. The minimum atomic E-state index is -0.0262.